The molecule has 0 spiro atoms. The van der Waals surface area contributed by atoms with Crippen molar-refractivity contribution >= 4 is 35.1 Å². The van der Waals surface area contributed by atoms with Crippen molar-refractivity contribution in [2.45, 2.75) is 57.2 Å². The first kappa shape index (κ1) is 23.7. The van der Waals surface area contributed by atoms with Gasteiger partial charge in [-0.1, -0.05) is 35.9 Å². The van der Waals surface area contributed by atoms with E-state index in [1.807, 2.05) is 34.1 Å². The highest BCUT2D eigenvalue weighted by atomic mass is 35.5. The molecule has 2 saturated heterocycles. The van der Waals surface area contributed by atoms with Crippen molar-refractivity contribution in [3.63, 3.8) is 0 Å². The second kappa shape index (κ2) is 10.3. The summed E-state index contributed by atoms with van der Waals surface area (Å²) in [5, 5.41) is 3.52. The molecule has 2 aromatic rings. The van der Waals surface area contributed by atoms with Gasteiger partial charge in [-0.15, -0.1) is 0 Å². The molecule has 3 heterocycles. The first-order chi connectivity index (χ1) is 17.0. The van der Waals surface area contributed by atoms with Crippen molar-refractivity contribution in [2.24, 2.45) is 0 Å². The van der Waals surface area contributed by atoms with Crippen molar-refractivity contribution in [2.75, 3.05) is 25.0 Å². The van der Waals surface area contributed by atoms with Crippen LogP contribution in [0.5, 0.6) is 0 Å². The van der Waals surface area contributed by atoms with Crippen molar-refractivity contribution in [1.29, 1.82) is 0 Å². The zero-order chi connectivity index (χ0) is 24.4. The maximum Gasteiger partial charge on any atom is 0.322 e. The highest BCUT2D eigenvalue weighted by Crippen LogP contribution is 2.28. The molecule has 184 valence electrons. The van der Waals surface area contributed by atoms with Crippen molar-refractivity contribution in [3.8, 4) is 0 Å². The van der Waals surface area contributed by atoms with Crippen LogP contribution in [0.3, 0.4) is 0 Å². The number of piperidine rings is 2. The lowest BCUT2D eigenvalue weighted by molar-refractivity contribution is -0.140. The van der Waals surface area contributed by atoms with Crippen LogP contribution in [0.1, 0.15) is 43.2 Å². The van der Waals surface area contributed by atoms with Gasteiger partial charge in [0.15, 0.2) is 0 Å². The Balaban J connectivity index is 1.30. The Kier molecular flexibility index (Phi) is 6.95. The normalized spacial score (nSPS) is 21.0. The zero-order valence-electron chi connectivity index (χ0n) is 19.8. The first-order valence-corrected chi connectivity index (χ1v) is 12.9. The summed E-state index contributed by atoms with van der Waals surface area (Å²) >= 11 is 5.98. The van der Waals surface area contributed by atoms with E-state index in [1.165, 1.54) is 0 Å². The topological polar surface area (TPSA) is 73.0 Å². The SMILES string of the molecule is O=C([C@H]1Cc2ccccc2CN1C(=O)Nc1ccc(Cl)cc1)N1CCC(N2CCCCC2=O)CC1. The van der Waals surface area contributed by atoms with Crippen LogP contribution in [0, 0.1) is 0 Å². The third-order valence-electron chi connectivity index (χ3n) is 7.47. The number of nitrogens with zero attached hydrogens (tertiary/aromatic N) is 3. The number of urea groups is 1. The first-order valence-electron chi connectivity index (χ1n) is 12.5. The molecule has 35 heavy (non-hydrogen) atoms. The summed E-state index contributed by atoms with van der Waals surface area (Å²) in [7, 11) is 0. The molecule has 0 saturated carbocycles. The van der Waals surface area contributed by atoms with E-state index in [0.717, 1.165) is 43.4 Å². The smallest absolute Gasteiger partial charge is 0.322 e. The molecule has 2 aromatic carbocycles. The summed E-state index contributed by atoms with van der Waals surface area (Å²) in [6, 6.07) is 14.3. The van der Waals surface area contributed by atoms with Gasteiger partial charge in [-0.05, 0) is 61.1 Å². The molecule has 5 rings (SSSR count). The Morgan fingerprint density at radius 1 is 0.914 bits per heavy atom. The molecule has 1 atom stereocenters. The highest BCUT2D eigenvalue weighted by molar-refractivity contribution is 6.30. The van der Waals surface area contributed by atoms with Crippen LogP contribution < -0.4 is 5.32 Å². The number of nitrogens with one attached hydrogen (secondary N) is 1. The Hall–Kier alpha value is -3.06. The average Bonchev–Trinajstić information content (AvgIpc) is 2.89. The van der Waals surface area contributed by atoms with Gasteiger partial charge in [0, 0.05) is 55.8 Å². The number of hydrogen-bond donors (Lipinski definition) is 1. The summed E-state index contributed by atoms with van der Waals surface area (Å²) in [5.74, 6) is 0.226. The van der Waals surface area contributed by atoms with Crippen LogP contribution >= 0.6 is 11.6 Å². The molecular weight excluding hydrogens is 464 g/mol. The Labute approximate surface area is 211 Å². The number of carbonyl (C=O) groups excluding carboxylic acids is 3. The molecule has 0 radical (unpaired) electrons. The lowest BCUT2D eigenvalue weighted by atomic mass is 9.92. The number of anilines is 1. The van der Waals surface area contributed by atoms with Gasteiger partial charge in [0.05, 0.1) is 0 Å². The lowest BCUT2D eigenvalue weighted by Gasteiger charge is -2.43. The van der Waals surface area contributed by atoms with E-state index in [4.69, 9.17) is 11.6 Å². The number of halogens is 1. The summed E-state index contributed by atoms with van der Waals surface area (Å²) in [6.07, 6.45) is 4.75. The fraction of sp³-hybridized carbons (Fsp3) is 0.444. The van der Waals surface area contributed by atoms with Gasteiger partial charge in [-0.2, -0.15) is 0 Å². The lowest BCUT2D eigenvalue weighted by Crippen LogP contribution is -2.57. The third-order valence-corrected chi connectivity index (χ3v) is 7.72. The third kappa shape index (κ3) is 5.15. The number of carbonyl (C=O) groups is 3. The van der Waals surface area contributed by atoms with E-state index in [9.17, 15) is 14.4 Å². The number of amides is 4. The van der Waals surface area contributed by atoms with Crippen LogP contribution in [0.25, 0.3) is 0 Å². The van der Waals surface area contributed by atoms with Crippen LogP contribution in [-0.4, -0.2) is 64.3 Å². The van der Waals surface area contributed by atoms with Crippen LogP contribution in [0.2, 0.25) is 5.02 Å². The number of rotatable bonds is 3. The van der Waals surface area contributed by atoms with Crippen LogP contribution in [-0.2, 0) is 22.6 Å². The van der Waals surface area contributed by atoms with E-state index < -0.39 is 6.04 Å². The van der Waals surface area contributed by atoms with E-state index in [2.05, 4.69) is 5.32 Å². The van der Waals surface area contributed by atoms with Crippen LogP contribution in [0.15, 0.2) is 48.5 Å². The van der Waals surface area contributed by atoms with Gasteiger partial charge >= 0.3 is 6.03 Å². The largest absolute Gasteiger partial charge is 0.341 e. The monoisotopic (exact) mass is 494 g/mol. The van der Waals surface area contributed by atoms with E-state index in [-0.39, 0.29) is 23.9 Å². The number of fused-ring (bicyclic) bond motifs is 1. The van der Waals surface area contributed by atoms with Crippen molar-refractivity contribution in [1.82, 2.24) is 14.7 Å². The second-order valence-corrected chi connectivity index (χ2v) is 10.1. The highest BCUT2D eigenvalue weighted by Gasteiger charge is 2.39. The number of benzene rings is 2. The van der Waals surface area contributed by atoms with Gasteiger partial charge in [0.2, 0.25) is 11.8 Å². The summed E-state index contributed by atoms with van der Waals surface area (Å²) in [6.45, 7) is 2.43. The Morgan fingerprint density at radius 2 is 1.63 bits per heavy atom. The van der Waals surface area contributed by atoms with Crippen molar-refractivity contribution < 1.29 is 14.4 Å². The van der Waals surface area contributed by atoms with E-state index in [1.54, 1.807) is 29.2 Å². The molecule has 2 fully saturated rings. The molecule has 3 aliphatic rings. The molecule has 1 N–H and O–H groups in total. The van der Waals surface area contributed by atoms with Gasteiger partial charge < -0.3 is 20.0 Å². The summed E-state index contributed by atoms with van der Waals surface area (Å²) in [4.78, 5) is 45.0. The number of hydrogen-bond acceptors (Lipinski definition) is 3. The Morgan fingerprint density at radius 3 is 2.34 bits per heavy atom. The molecule has 3 aliphatic heterocycles. The second-order valence-electron chi connectivity index (χ2n) is 9.65. The molecule has 7 nitrogen and oxygen atoms in total. The summed E-state index contributed by atoms with van der Waals surface area (Å²) in [5.41, 5.74) is 2.80. The molecular formula is C27H31ClN4O3. The molecule has 8 heteroatoms. The molecule has 0 aliphatic carbocycles. The van der Waals surface area contributed by atoms with Gasteiger partial charge in [0.25, 0.3) is 0 Å². The Bertz CT molecular complexity index is 1100. The minimum absolute atomic E-state index is 0.0193. The minimum Gasteiger partial charge on any atom is -0.341 e. The standard InChI is InChI=1S/C27H31ClN4O3/c28-21-8-10-22(11-9-21)29-27(35)32-18-20-6-2-1-5-19(20)17-24(32)26(34)30-15-12-23(13-16-30)31-14-4-3-7-25(31)33/h1-2,5-6,8-11,23-24H,3-4,7,12-18H2,(H,29,35)/t24-/m1/s1. The maximum absolute atomic E-state index is 13.7. The number of likely N-dealkylation sites (tertiary alicyclic amines) is 2. The predicted octanol–water partition coefficient (Wildman–Crippen LogP) is 4.30. The molecule has 0 aromatic heterocycles. The summed E-state index contributed by atoms with van der Waals surface area (Å²) < 4.78 is 0. The predicted molar refractivity (Wildman–Crippen MR) is 135 cm³/mol. The fourth-order valence-electron chi connectivity index (χ4n) is 5.51. The van der Waals surface area contributed by atoms with Crippen molar-refractivity contribution in [3.05, 3.63) is 64.7 Å². The van der Waals surface area contributed by atoms with E-state index in [0.29, 0.717) is 43.2 Å². The maximum atomic E-state index is 13.7. The van der Waals surface area contributed by atoms with Crippen LogP contribution in [0.4, 0.5) is 10.5 Å². The average molecular weight is 495 g/mol. The molecule has 0 bridgehead atoms. The molecule has 0 unspecified atom stereocenters. The van der Waals surface area contributed by atoms with Gasteiger partial charge in [-0.25, -0.2) is 4.79 Å². The zero-order valence-corrected chi connectivity index (χ0v) is 20.5. The quantitative estimate of drug-likeness (QED) is 0.691. The fourth-order valence-corrected chi connectivity index (χ4v) is 5.63. The van der Waals surface area contributed by atoms with Gasteiger partial charge in [0.1, 0.15) is 6.04 Å². The van der Waals surface area contributed by atoms with Gasteiger partial charge in [-0.3, -0.25) is 9.59 Å². The minimum atomic E-state index is -0.564. The van der Waals surface area contributed by atoms with E-state index >= 15 is 0 Å². The molecule has 4 amide bonds.